The van der Waals surface area contributed by atoms with E-state index in [0.717, 1.165) is 19.0 Å². The number of carbonyl (C=O) groups excluding carboxylic acids is 2. The molecule has 2 N–H and O–H groups in total. The van der Waals surface area contributed by atoms with Crippen LogP contribution >= 0.6 is 11.6 Å². The molecule has 3 amide bonds. The Morgan fingerprint density at radius 2 is 2.00 bits per heavy atom. The lowest BCUT2D eigenvalue weighted by Crippen LogP contribution is -2.69. The van der Waals surface area contributed by atoms with Crippen LogP contribution in [0.15, 0.2) is 30.7 Å². The molecule has 0 spiro atoms. The number of rotatable bonds is 8. The number of nitrogens with one attached hydrogen (secondary N) is 1. The zero-order valence-corrected chi connectivity index (χ0v) is 23.5. The normalized spacial score (nSPS) is 22.3. The molecule has 0 radical (unpaired) electrons. The fourth-order valence-electron chi connectivity index (χ4n) is 5.35. The van der Waals surface area contributed by atoms with E-state index in [4.69, 9.17) is 11.6 Å². The average molecular weight is 563 g/mol. The number of halogens is 2. The van der Waals surface area contributed by atoms with Crippen LogP contribution in [0.25, 0.3) is 5.82 Å². The first-order valence-electron chi connectivity index (χ1n) is 13.2. The van der Waals surface area contributed by atoms with Gasteiger partial charge in [0.15, 0.2) is 11.6 Å². The van der Waals surface area contributed by atoms with Gasteiger partial charge in [-0.25, -0.2) is 18.9 Å². The summed E-state index contributed by atoms with van der Waals surface area (Å²) in [6.07, 6.45) is 5.13. The van der Waals surface area contributed by atoms with E-state index in [-0.39, 0.29) is 37.1 Å². The molecule has 212 valence electrons. The Kier molecular flexibility index (Phi) is 8.20. The third kappa shape index (κ3) is 6.18. The van der Waals surface area contributed by atoms with E-state index in [1.165, 1.54) is 15.8 Å². The first-order chi connectivity index (χ1) is 18.4. The van der Waals surface area contributed by atoms with Gasteiger partial charge in [0.05, 0.1) is 18.4 Å². The lowest BCUT2D eigenvalue weighted by atomic mass is 9.72. The summed E-state index contributed by atoms with van der Waals surface area (Å²) in [7, 11) is 0. The minimum absolute atomic E-state index is 0.118. The van der Waals surface area contributed by atoms with Crippen molar-refractivity contribution in [3.63, 3.8) is 0 Å². The highest BCUT2D eigenvalue weighted by Crippen LogP contribution is 2.42. The van der Waals surface area contributed by atoms with Crippen molar-refractivity contribution in [2.24, 2.45) is 11.3 Å². The van der Waals surface area contributed by atoms with Gasteiger partial charge in [0.1, 0.15) is 11.4 Å². The van der Waals surface area contributed by atoms with E-state index in [2.05, 4.69) is 15.4 Å². The summed E-state index contributed by atoms with van der Waals surface area (Å²) in [5.41, 5.74) is -1.02. The predicted octanol–water partition coefficient (Wildman–Crippen LogP) is 3.99. The number of nitrogens with zero attached hydrogens (tertiary/aromatic N) is 5. The Hall–Kier alpha value is -3.21. The van der Waals surface area contributed by atoms with E-state index < -0.39 is 34.9 Å². The SMILES string of the molecule is CC(NC(=O)C1(N(CC2CC2)C(=O)CCl)CCN(C(=O)O)C(C(C)(C)C)C1)c1ccc(-n2cc(F)cn2)nc1. The van der Waals surface area contributed by atoms with Gasteiger partial charge in [0.25, 0.3) is 0 Å². The molecule has 3 atom stereocenters. The van der Waals surface area contributed by atoms with Gasteiger partial charge in [-0.3, -0.25) is 9.59 Å². The molecule has 2 aromatic heterocycles. The maximum Gasteiger partial charge on any atom is 0.407 e. The average Bonchev–Trinajstić information content (AvgIpc) is 3.62. The molecule has 12 heteroatoms. The molecule has 10 nitrogen and oxygen atoms in total. The number of alkyl halides is 1. The summed E-state index contributed by atoms with van der Waals surface area (Å²) in [4.78, 5) is 46.9. The number of aromatic nitrogens is 3. The number of amides is 3. The summed E-state index contributed by atoms with van der Waals surface area (Å²) in [5, 5.41) is 16.9. The molecule has 1 aliphatic carbocycles. The van der Waals surface area contributed by atoms with Crippen molar-refractivity contribution in [2.45, 2.75) is 71.0 Å². The molecular formula is C27H36ClFN6O4. The summed E-state index contributed by atoms with van der Waals surface area (Å²) in [6.45, 7) is 8.17. The van der Waals surface area contributed by atoms with Gasteiger partial charge in [0, 0.05) is 31.7 Å². The maximum absolute atomic E-state index is 14.2. The largest absolute Gasteiger partial charge is 0.465 e. The van der Waals surface area contributed by atoms with Crippen LogP contribution in [0.5, 0.6) is 0 Å². The molecule has 1 saturated heterocycles. The topological polar surface area (TPSA) is 121 Å². The predicted molar refractivity (Wildman–Crippen MR) is 143 cm³/mol. The second kappa shape index (κ2) is 11.1. The third-order valence-electron chi connectivity index (χ3n) is 7.82. The highest BCUT2D eigenvalue weighted by Gasteiger charge is 2.55. The summed E-state index contributed by atoms with van der Waals surface area (Å²) in [6, 6.07) is 2.49. The van der Waals surface area contributed by atoms with E-state index in [1.807, 2.05) is 27.7 Å². The smallest absolute Gasteiger partial charge is 0.407 e. The van der Waals surface area contributed by atoms with Crippen LogP contribution in [0.3, 0.4) is 0 Å². The van der Waals surface area contributed by atoms with Crippen LogP contribution in [-0.2, 0) is 9.59 Å². The summed E-state index contributed by atoms with van der Waals surface area (Å²) >= 11 is 6.04. The van der Waals surface area contributed by atoms with Gasteiger partial charge >= 0.3 is 6.09 Å². The van der Waals surface area contributed by atoms with Gasteiger partial charge in [0.2, 0.25) is 11.8 Å². The molecule has 2 fully saturated rings. The molecule has 2 aliphatic rings. The van der Waals surface area contributed by atoms with Crippen molar-refractivity contribution in [1.29, 1.82) is 0 Å². The van der Waals surface area contributed by atoms with Crippen molar-refractivity contribution in [3.05, 3.63) is 42.1 Å². The van der Waals surface area contributed by atoms with Crippen LogP contribution < -0.4 is 5.32 Å². The van der Waals surface area contributed by atoms with E-state index in [9.17, 15) is 23.9 Å². The van der Waals surface area contributed by atoms with Crippen LogP contribution in [0.2, 0.25) is 0 Å². The minimum Gasteiger partial charge on any atom is -0.465 e. The number of hydrogen-bond acceptors (Lipinski definition) is 5. The summed E-state index contributed by atoms with van der Waals surface area (Å²) in [5.74, 6) is -0.688. The maximum atomic E-state index is 14.2. The van der Waals surface area contributed by atoms with Crippen LogP contribution in [-0.4, -0.2) is 78.1 Å². The van der Waals surface area contributed by atoms with Gasteiger partial charge in [-0.1, -0.05) is 26.8 Å². The third-order valence-corrected chi connectivity index (χ3v) is 8.04. The van der Waals surface area contributed by atoms with Gasteiger partial charge in [-0.2, -0.15) is 5.10 Å². The van der Waals surface area contributed by atoms with Crippen LogP contribution in [0.1, 0.15) is 65.0 Å². The number of pyridine rings is 1. The quantitative estimate of drug-likeness (QED) is 0.469. The molecule has 3 unspecified atom stereocenters. The number of carbonyl (C=O) groups is 3. The minimum atomic E-state index is -1.26. The molecule has 0 aromatic carbocycles. The number of piperidine rings is 1. The molecular weight excluding hydrogens is 527 g/mol. The first kappa shape index (κ1) is 28.8. The van der Waals surface area contributed by atoms with E-state index >= 15 is 0 Å². The van der Waals surface area contributed by atoms with E-state index in [1.54, 1.807) is 23.2 Å². The Balaban J connectivity index is 1.64. The fraction of sp³-hybridized carbons (Fsp3) is 0.593. The molecule has 4 rings (SSSR count). The van der Waals surface area contributed by atoms with Crippen molar-refractivity contribution < 1.29 is 23.9 Å². The lowest BCUT2D eigenvalue weighted by Gasteiger charge is -2.53. The van der Waals surface area contributed by atoms with Crippen LogP contribution in [0.4, 0.5) is 9.18 Å². The van der Waals surface area contributed by atoms with Crippen LogP contribution in [0, 0.1) is 17.2 Å². The summed E-state index contributed by atoms with van der Waals surface area (Å²) < 4.78 is 14.7. The number of likely N-dealkylation sites (tertiary alicyclic amines) is 1. The Labute approximate surface area is 232 Å². The van der Waals surface area contributed by atoms with Crippen molar-refractivity contribution in [1.82, 2.24) is 29.9 Å². The zero-order chi connectivity index (χ0) is 28.5. The fourth-order valence-corrected chi connectivity index (χ4v) is 5.49. The highest BCUT2D eigenvalue weighted by molar-refractivity contribution is 6.27. The van der Waals surface area contributed by atoms with Crippen molar-refractivity contribution >= 4 is 29.5 Å². The lowest BCUT2D eigenvalue weighted by molar-refractivity contribution is -0.153. The standard InChI is InChI=1S/C27H36ClFN6O4/c1-17(19-7-8-22(30-13-19)35-16-20(29)14-31-35)32-24(37)27(34(23(36)12-28)15-18-5-6-18)9-10-33(25(38)39)21(11-27)26(2,3)4/h7-8,13-14,16-18,21H,5-6,9-12,15H2,1-4H3,(H,32,37)(H,38,39). The highest BCUT2D eigenvalue weighted by atomic mass is 35.5. The molecule has 39 heavy (non-hydrogen) atoms. The zero-order valence-electron chi connectivity index (χ0n) is 22.7. The second-order valence-corrected chi connectivity index (χ2v) is 11.9. The molecule has 0 bridgehead atoms. The van der Waals surface area contributed by atoms with Gasteiger partial charge in [-0.05, 0) is 49.1 Å². The Morgan fingerprint density at radius 1 is 1.28 bits per heavy atom. The number of carboxylic acid groups (broad SMARTS) is 1. The Morgan fingerprint density at radius 3 is 2.51 bits per heavy atom. The van der Waals surface area contributed by atoms with Crippen molar-refractivity contribution in [2.75, 3.05) is 19.0 Å². The molecule has 1 aliphatic heterocycles. The number of hydrogen-bond donors (Lipinski definition) is 2. The molecule has 1 saturated carbocycles. The monoisotopic (exact) mass is 562 g/mol. The Bertz CT molecular complexity index is 1210. The molecule has 2 aromatic rings. The molecule has 3 heterocycles. The van der Waals surface area contributed by atoms with Gasteiger partial charge in [-0.15, -0.1) is 11.6 Å². The second-order valence-electron chi connectivity index (χ2n) is 11.7. The van der Waals surface area contributed by atoms with Gasteiger partial charge < -0.3 is 20.2 Å². The first-order valence-corrected chi connectivity index (χ1v) is 13.7. The van der Waals surface area contributed by atoms with Crippen molar-refractivity contribution in [3.8, 4) is 5.82 Å². The van der Waals surface area contributed by atoms with E-state index in [0.29, 0.717) is 23.8 Å².